The molecule has 3 aromatic rings. The molecule has 0 bridgehead atoms. The lowest BCUT2D eigenvalue weighted by atomic mass is 10.2. The minimum Gasteiger partial charge on any atom is -0.448 e. The Morgan fingerprint density at radius 1 is 1.31 bits per heavy atom. The van der Waals surface area contributed by atoms with Crippen LogP contribution in [-0.4, -0.2) is 27.5 Å². The van der Waals surface area contributed by atoms with Gasteiger partial charge in [-0.1, -0.05) is 18.0 Å². The van der Waals surface area contributed by atoms with Crippen LogP contribution in [0.25, 0.3) is 10.2 Å². The van der Waals surface area contributed by atoms with Crippen LogP contribution >= 0.6 is 22.9 Å². The molecule has 1 unspecified atom stereocenters. The van der Waals surface area contributed by atoms with Crippen molar-refractivity contribution in [2.24, 2.45) is 0 Å². The summed E-state index contributed by atoms with van der Waals surface area (Å²) in [6.45, 7) is 3.68. The molecular weight excluding hydrogens is 457 g/mol. The second kappa shape index (κ2) is 8.99. The number of hydrogen-bond donors (Lipinski definition) is 1. The van der Waals surface area contributed by atoms with Crippen molar-refractivity contribution < 1.29 is 18.7 Å². The lowest BCUT2D eigenvalue weighted by Gasteiger charge is -2.13. The zero-order valence-electron chi connectivity index (χ0n) is 17.5. The molecule has 2 aromatic heterocycles. The smallest absolute Gasteiger partial charge is 0.349 e. The van der Waals surface area contributed by atoms with E-state index < -0.39 is 23.8 Å². The van der Waals surface area contributed by atoms with Crippen molar-refractivity contribution in [3.05, 3.63) is 55.7 Å². The van der Waals surface area contributed by atoms with E-state index in [9.17, 15) is 18.8 Å². The minimum absolute atomic E-state index is 0.0703. The average Bonchev–Trinajstić information content (AvgIpc) is 2.91. The first-order valence-electron chi connectivity index (χ1n) is 10.3. The van der Waals surface area contributed by atoms with Crippen LogP contribution in [0, 0.1) is 12.7 Å². The Morgan fingerprint density at radius 2 is 2.09 bits per heavy atom. The number of aryl methyl sites for hydroxylation is 2. The molecule has 168 valence electrons. The van der Waals surface area contributed by atoms with Crippen molar-refractivity contribution in [3.63, 3.8) is 0 Å². The first-order valence-corrected chi connectivity index (χ1v) is 11.5. The average molecular weight is 478 g/mol. The number of halogens is 2. The fraction of sp³-hybridized carbons (Fsp3) is 0.364. The summed E-state index contributed by atoms with van der Waals surface area (Å²) in [7, 11) is 0. The molecular formula is C22H21ClFN3O4S. The zero-order valence-corrected chi connectivity index (χ0v) is 19.1. The van der Waals surface area contributed by atoms with Gasteiger partial charge in [-0.3, -0.25) is 14.2 Å². The summed E-state index contributed by atoms with van der Waals surface area (Å²) in [6.07, 6.45) is 2.47. The third-order valence-electron chi connectivity index (χ3n) is 5.44. The van der Waals surface area contributed by atoms with E-state index in [0.29, 0.717) is 22.3 Å². The number of ether oxygens (including phenoxy) is 1. The highest BCUT2D eigenvalue weighted by atomic mass is 35.5. The largest absolute Gasteiger partial charge is 0.448 e. The first kappa shape index (κ1) is 22.4. The molecule has 0 radical (unpaired) electrons. The minimum atomic E-state index is -1.19. The summed E-state index contributed by atoms with van der Waals surface area (Å²) in [5.74, 6) is -1.39. The summed E-state index contributed by atoms with van der Waals surface area (Å²) in [5.41, 5.74) is 0.270. The van der Waals surface area contributed by atoms with Crippen LogP contribution in [0.1, 0.15) is 47.2 Å². The predicted molar refractivity (Wildman–Crippen MR) is 121 cm³/mol. The molecule has 0 spiro atoms. The number of rotatable bonds is 4. The van der Waals surface area contributed by atoms with Crippen LogP contribution in [-0.2, 0) is 22.5 Å². The number of fused-ring (bicyclic) bond motifs is 2. The Labute approximate surface area is 192 Å². The normalized spacial score (nSPS) is 14.5. The lowest BCUT2D eigenvalue weighted by Crippen LogP contribution is -2.30. The maximum Gasteiger partial charge on any atom is 0.349 e. The second-order valence-electron chi connectivity index (χ2n) is 7.69. The first-order chi connectivity index (χ1) is 15.3. The van der Waals surface area contributed by atoms with Crippen molar-refractivity contribution >= 4 is 50.7 Å². The van der Waals surface area contributed by atoms with Crippen molar-refractivity contribution in [2.75, 3.05) is 5.32 Å². The van der Waals surface area contributed by atoms with Gasteiger partial charge in [0.2, 0.25) is 0 Å². The van der Waals surface area contributed by atoms with Crippen molar-refractivity contribution in [3.8, 4) is 0 Å². The standard InChI is InChI=1S/C22H21ClFN3O4S/c1-11-17-20(26-16-6-4-3-5-9-27(16)21(17)29)32-18(11)22(30)31-12(2)19(28)25-15-8-7-13(23)10-14(15)24/h7-8,10,12H,3-6,9H2,1-2H3,(H,25,28). The number of anilines is 1. The van der Waals surface area contributed by atoms with Gasteiger partial charge in [0.1, 0.15) is 21.3 Å². The Morgan fingerprint density at radius 3 is 2.84 bits per heavy atom. The van der Waals surface area contributed by atoms with Crippen molar-refractivity contribution in [1.82, 2.24) is 9.55 Å². The third kappa shape index (κ3) is 4.27. The second-order valence-corrected chi connectivity index (χ2v) is 9.13. The van der Waals surface area contributed by atoms with Crippen LogP contribution in [0.2, 0.25) is 5.02 Å². The summed E-state index contributed by atoms with van der Waals surface area (Å²) in [5, 5.41) is 2.98. The maximum absolute atomic E-state index is 13.9. The molecule has 10 heteroatoms. The number of hydrogen-bond acceptors (Lipinski definition) is 6. The van der Waals surface area contributed by atoms with E-state index >= 15 is 0 Å². The van der Waals surface area contributed by atoms with E-state index in [0.717, 1.165) is 48.9 Å². The third-order valence-corrected chi connectivity index (χ3v) is 6.84. The van der Waals surface area contributed by atoms with E-state index in [1.807, 2.05) is 0 Å². The molecule has 1 N–H and O–H groups in total. The van der Waals surface area contributed by atoms with Gasteiger partial charge in [0, 0.05) is 18.0 Å². The fourth-order valence-electron chi connectivity index (χ4n) is 3.70. The molecule has 1 amide bonds. The molecule has 1 aliphatic heterocycles. The van der Waals surface area contributed by atoms with Crippen LogP contribution in [0.4, 0.5) is 10.1 Å². The van der Waals surface area contributed by atoms with Crippen molar-refractivity contribution in [2.45, 2.75) is 52.2 Å². The van der Waals surface area contributed by atoms with Gasteiger partial charge in [-0.2, -0.15) is 0 Å². The highest BCUT2D eigenvalue weighted by molar-refractivity contribution is 7.20. The van der Waals surface area contributed by atoms with Crippen molar-refractivity contribution in [1.29, 1.82) is 0 Å². The highest BCUT2D eigenvalue weighted by Gasteiger charge is 2.26. The van der Waals surface area contributed by atoms with Crippen LogP contribution in [0.5, 0.6) is 0 Å². The lowest BCUT2D eigenvalue weighted by molar-refractivity contribution is -0.123. The zero-order chi connectivity index (χ0) is 23.0. The number of amides is 1. The van der Waals surface area contributed by atoms with Gasteiger partial charge in [-0.25, -0.2) is 14.2 Å². The number of nitrogens with zero attached hydrogens (tertiary/aromatic N) is 2. The molecule has 0 aliphatic carbocycles. The van der Waals surface area contributed by atoms with E-state index in [1.54, 1.807) is 11.5 Å². The molecule has 0 fully saturated rings. The summed E-state index contributed by atoms with van der Waals surface area (Å²) in [4.78, 5) is 43.6. The van der Waals surface area contributed by atoms with E-state index in [4.69, 9.17) is 16.3 Å². The van der Waals surface area contributed by atoms with Gasteiger partial charge in [0.25, 0.3) is 11.5 Å². The maximum atomic E-state index is 13.9. The number of esters is 1. The predicted octanol–water partition coefficient (Wildman–Crippen LogP) is 4.47. The van der Waals surface area contributed by atoms with Gasteiger partial charge in [-0.15, -0.1) is 11.3 Å². The monoisotopic (exact) mass is 477 g/mol. The Hall–Kier alpha value is -2.78. The molecule has 1 atom stereocenters. The molecule has 0 saturated carbocycles. The number of aromatic nitrogens is 2. The molecule has 4 rings (SSSR count). The quantitative estimate of drug-likeness (QED) is 0.560. The number of thiophene rings is 1. The number of nitrogens with one attached hydrogen (secondary N) is 1. The van der Waals surface area contributed by atoms with Gasteiger partial charge < -0.3 is 10.1 Å². The summed E-state index contributed by atoms with van der Waals surface area (Å²) < 4.78 is 20.9. The van der Waals surface area contributed by atoms with E-state index in [-0.39, 0.29) is 21.1 Å². The Bertz CT molecular complexity index is 1290. The highest BCUT2D eigenvalue weighted by Crippen LogP contribution is 2.29. The van der Waals surface area contributed by atoms with Crippen LogP contribution < -0.4 is 10.9 Å². The molecule has 3 heterocycles. The van der Waals surface area contributed by atoms with Crippen LogP contribution in [0.3, 0.4) is 0 Å². The number of benzene rings is 1. The van der Waals surface area contributed by atoms with Gasteiger partial charge in [0.05, 0.1) is 11.1 Å². The molecule has 0 saturated heterocycles. The fourth-order valence-corrected chi connectivity index (χ4v) is 4.93. The summed E-state index contributed by atoms with van der Waals surface area (Å²) >= 11 is 6.79. The summed E-state index contributed by atoms with van der Waals surface area (Å²) in [6, 6.07) is 3.83. The Balaban J connectivity index is 1.55. The number of carbonyl (C=O) groups excluding carboxylic acids is 2. The Kier molecular flexibility index (Phi) is 6.30. The topological polar surface area (TPSA) is 90.3 Å². The van der Waals surface area contributed by atoms with E-state index in [1.165, 1.54) is 19.1 Å². The molecule has 32 heavy (non-hydrogen) atoms. The molecule has 7 nitrogen and oxygen atoms in total. The van der Waals surface area contributed by atoms with E-state index in [2.05, 4.69) is 10.3 Å². The van der Waals surface area contributed by atoms with Gasteiger partial charge in [0.15, 0.2) is 6.10 Å². The number of carbonyl (C=O) groups is 2. The molecule has 1 aromatic carbocycles. The molecule has 1 aliphatic rings. The van der Waals surface area contributed by atoms with Crippen LogP contribution in [0.15, 0.2) is 23.0 Å². The van der Waals surface area contributed by atoms with Gasteiger partial charge in [-0.05, 0) is 50.5 Å². The van der Waals surface area contributed by atoms with Gasteiger partial charge >= 0.3 is 5.97 Å². The SMILES string of the molecule is Cc1c(C(=O)OC(C)C(=O)Nc2ccc(Cl)cc2F)sc2nc3n(c(=O)c12)CCCCC3.